The van der Waals surface area contributed by atoms with Crippen LogP contribution >= 0.6 is 0 Å². The summed E-state index contributed by atoms with van der Waals surface area (Å²) in [6, 6.07) is 80.6. The Morgan fingerprint density at radius 2 is 0.724 bits per heavy atom. The van der Waals surface area contributed by atoms with Gasteiger partial charge in [0.25, 0.3) is 0 Å². The topological polar surface area (TPSA) is 15.3 Å². The zero-order valence-corrected chi connectivity index (χ0v) is 32.8. The fraction of sp³-hybridized carbons (Fsp3) is 0.0357. The molecular weight excluding hydrogens is 701 g/mol. The van der Waals surface area contributed by atoms with Crippen LogP contribution in [0.3, 0.4) is 0 Å². The van der Waals surface area contributed by atoms with Gasteiger partial charge >= 0.3 is 0 Å². The van der Waals surface area contributed by atoms with E-state index in [-0.39, 0.29) is 0 Å². The van der Waals surface area contributed by atoms with Crippen LogP contribution in [-0.4, -0.2) is 0 Å². The summed E-state index contributed by atoms with van der Waals surface area (Å²) >= 11 is 0. The molecule has 9 aromatic carbocycles. The van der Waals surface area contributed by atoms with Gasteiger partial charge in [-0.1, -0.05) is 175 Å². The highest BCUT2D eigenvalue weighted by molar-refractivity contribution is 5.84. The lowest BCUT2D eigenvalue weighted by molar-refractivity contribution is 1.28. The van der Waals surface area contributed by atoms with Crippen LogP contribution in [-0.2, 0) is 0 Å². The predicted octanol–water partition coefficient (Wildman–Crippen LogP) is 15.9. The number of hydrogen-bond acceptors (Lipinski definition) is 2. The van der Waals surface area contributed by atoms with E-state index in [4.69, 9.17) is 0 Å². The number of nitrogens with one attached hydrogen (secondary N) is 1. The predicted molar refractivity (Wildman–Crippen MR) is 248 cm³/mol. The van der Waals surface area contributed by atoms with Crippen molar-refractivity contribution in [1.82, 2.24) is 0 Å². The van der Waals surface area contributed by atoms with E-state index in [0.29, 0.717) is 0 Å². The third-order valence-electron chi connectivity index (χ3n) is 10.8. The number of rotatable bonds is 10. The Balaban J connectivity index is 1.02. The molecule has 278 valence electrons. The highest BCUT2D eigenvalue weighted by Gasteiger charge is 2.15. The zero-order chi connectivity index (χ0) is 39.3. The van der Waals surface area contributed by atoms with E-state index >= 15 is 0 Å². The second kappa shape index (κ2) is 16.4. The number of benzene rings is 9. The van der Waals surface area contributed by atoms with Crippen LogP contribution in [0.1, 0.15) is 11.1 Å². The lowest BCUT2D eigenvalue weighted by Crippen LogP contribution is -2.10. The van der Waals surface area contributed by atoms with Gasteiger partial charge in [0.05, 0.1) is 0 Å². The maximum absolute atomic E-state index is 3.70. The van der Waals surface area contributed by atoms with Crippen LogP contribution in [0.15, 0.2) is 224 Å². The van der Waals surface area contributed by atoms with Crippen molar-refractivity contribution in [2.24, 2.45) is 0 Å². The second-order valence-electron chi connectivity index (χ2n) is 14.9. The molecule has 0 aliphatic heterocycles. The summed E-state index contributed by atoms with van der Waals surface area (Å²) in [6.07, 6.45) is 0. The van der Waals surface area contributed by atoms with E-state index in [9.17, 15) is 0 Å². The molecule has 0 atom stereocenters. The molecule has 9 aromatic rings. The molecule has 0 unspecified atom stereocenters. The summed E-state index contributed by atoms with van der Waals surface area (Å²) < 4.78 is 0. The summed E-state index contributed by atoms with van der Waals surface area (Å²) in [5.41, 5.74) is 19.9. The molecule has 0 bridgehead atoms. The molecular formula is C56H44N2. The summed E-state index contributed by atoms with van der Waals surface area (Å²) in [5.74, 6) is 0. The Kier molecular flexibility index (Phi) is 10.2. The van der Waals surface area contributed by atoms with E-state index in [1.807, 2.05) is 0 Å². The van der Waals surface area contributed by atoms with Gasteiger partial charge in [-0.2, -0.15) is 0 Å². The first-order chi connectivity index (χ1) is 28.5. The molecule has 0 spiro atoms. The van der Waals surface area contributed by atoms with E-state index in [0.717, 1.165) is 39.6 Å². The summed E-state index contributed by atoms with van der Waals surface area (Å²) in [5, 5.41) is 3.70. The Morgan fingerprint density at radius 3 is 1.28 bits per heavy atom. The van der Waals surface area contributed by atoms with Crippen molar-refractivity contribution in [3.05, 3.63) is 236 Å². The first-order valence-corrected chi connectivity index (χ1v) is 19.9. The number of aryl methyl sites for hydroxylation is 2. The lowest BCUT2D eigenvalue weighted by Gasteiger charge is -2.26. The standard InChI is InChI=1S/C56H44N2/c1-40-11-9-17-50(37-40)55-38-41(2)19-36-56(55)57-51-30-24-48(25-31-51)49-16-10-18-54(39-49)58(52-32-26-46(27-33-52)43-14-7-4-8-15-43)53-34-28-47(29-35-53)45-22-20-44(21-23-45)42-12-5-3-6-13-42/h3-39,57H,1-2H3. The molecule has 1 N–H and O–H groups in total. The van der Waals surface area contributed by atoms with Crippen LogP contribution < -0.4 is 10.2 Å². The van der Waals surface area contributed by atoms with Crippen molar-refractivity contribution in [1.29, 1.82) is 0 Å². The van der Waals surface area contributed by atoms with Gasteiger partial charge in [0, 0.05) is 34.0 Å². The van der Waals surface area contributed by atoms with Crippen molar-refractivity contribution >= 4 is 28.4 Å². The average Bonchev–Trinajstić information content (AvgIpc) is 3.29. The van der Waals surface area contributed by atoms with Gasteiger partial charge in [-0.15, -0.1) is 0 Å². The Hall–Kier alpha value is -7.42. The number of anilines is 5. The monoisotopic (exact) mass is 744 g/mol. The van der Waals surface area contributed by atoms with Crippen LogP contribution in [0, 0.1) is 13.8 Å². The third kappa shape index (κ3) is 7.95. The van der Waals surface area contributed by atoms with Crippen molar-refractivity contribution in [3.8, 4) is 55.6 Å². The maximum atomic E-state index is 3.70. The molecule has 0 aliphatic carbocycles. The molecule has 9 rings (SSSR count). The molecule has 0 aromatic heterocycles. The molecule has 0 saturated heterocycles. The first-order valence-electron chi connectivity index (χ1n) is 19.9. The molecule has 0 radical (unpaired) electrons. The average molecular weight is 745 g/mol. The minimum Gasteiger partial charge on any atom is -0.355 e. The Bertz CT molecular complexity index is 2770. The SMILES string of the molecule is Cc1cccc(-c2cc(C)ccc2Nc2ccc(-c3cccc(N(c4ccc(-c5ccccc5)cc4)c4ccc(-c5ccc(-c6ccccc6)cc5)cc4)c3)cc2)c1. The minimum absolute atomic E-state index is 1.05. The summed E-state index contributed by atoms with van der Waals surface area (Å²) in [4.78, 5) is 2.35. The quantitative estimate of drug-likeness (QED) is 0.150. The molecule has 2 heteroatoms. The van der Waals surface area contributed by atoms with Gasteiger partial charge < -0.3 is 10.2 Å². The van der Waals surface area contributed by atoms with Gasteiger partial charge in [-0.25, -0.2) is 0 Å². The maximum Gasteiger partial charge on any atom is 0.0467 e. The van der Waals surface area contributed by atoms with Crippen LogP contribution in [0.4, 0.5) is 28.4 Å². The summed E-state index contributed by atoms with van der Waals surface area (Å²) in [7, 11) is 0. The van der Waals surface area contributed by atoms with E-state index in [1.54, 1.807) is 0 Å². The van der Waals surface area contributed by atoms with E-state index < -0.39 is 0 Å². The van der Waals surface area contributed by atoms with Crippen molar-refractivity contribution < 1.29 is 0 Å². The normalized spacial score (nSPS) is 10.9. The van der Waals surface area contributed by atoms with E-state index in [2.05, 4.69) is 249 Å². The lowest BCUT2D eigenvalue weighted by atomic mass is 9.99. The highest BCUT2D eigenvalue weighted by Crippen LogP contribution is 2.39. The summed E-state index contributed by atoms with van der Waals surface area (Å²) in [6.45, 7) is 4.29. The fourth-order valence-electron chi connectivity index (χ4n) is 7.71. The molecule has 2 nitrogen and oxygen atoms in total. The van der Waals surface area contributed by atoms with Crippen molar-refractivity contribution in [2.45, 2.75) is 13.8 Å². The van der Waals surface area contributed by atoms with Gasteiger partial charge in [-0.3, -0.25) is 0 Å². The van der Waals surface area contributed by atoms with Gasteiger partial charge in [-0.05, 0) is 125 Å². The van der Waals surface area contributed by atoms with E-state index in [1.165, 1.54) is 55.6 Å². The fourth-order valence-corrected chi connectivity index (χ4v) is 7.71. The highest BCUT2D eigenvalue weighted by atomic mass is 15.1. The van der Waals surface area contributed by atoms with Gasteiger partial charge in [0.2, 0.25) is 0 Å². The van der Waals surface area contributed by atoms with Gasteiger partial charge in [0.1, 0.15) is 0 Å². The largest absolute Gasteiger partial charge is 0.355 e. The second-order valence-corrected chi connectivity index (χ2v) is 14.9. The van der Waals surface area contributed by atoms with Crippen molar-refractivity contribution in [2.75, 3.05) is 10.2 Å². The van der Waals surface area contributed by atoms with Crippen LogP contribution in [0.5, 0.6) is 0 Å². The van der Waals surface area contributed by atoms with Crippen LogP contribution in [0.25, 0.3) is 55.6 Å². The zero-order valence-electron chi connectivity index (χ0n) is 32.8. The molecule has 0 amide bonds. The molecule has 0 aliphatic rings. The molecule has 0 heterocycles. The molecule has 58 heavy (non-hydrogen) atoms. The first kappa shape index (κ1) is 36.2. The number of nitrogens with zero attached hydrogens (tertiary/aromatic N) is 1. The Labute approximate surface area is 342 Å². The number of hydrogen-bond donors (Lipinski definition) is 1. The molecule has 0 saturated carbocycles. The van der Waals surface area contributed by atoms with Crippen LogP contribution in [0.2, 0.25) is 0 Å². The molecule has 0 fully saturated rings. The smallest absolute Gasteiger partial charge is 0.0467 e. The van der Waals surface area contributed by atoms with Crippen molar-refractivity contribution in [3.63, 3.8) is 0 Å². The van der Waals surface area contributed by atoms with Gasteiger partial charge in [0.15, 0.2) is 0 Å². The minimum atomic E-state index is 1.05. The third-order valence-corrected chi connectivity index (χ3v) is 10.8. The Morgan fingerprint density at radius 1 is 0.293 bits per heavy atom.